The van der Waals surface area contributed by atoms with Gasteiger partial charge in [0.15, 0.2) is 5.69 Å². The van der Waals surface area contributed by atoms with Gasteiger partial charge in [-0.25, -0.2) is 4.98 Å². The highest BCUT2D eigenvalue weighted by molar-refractivity contribution is 5.96. The van der Waals surface area contributed by atoms with Gasteiger partial charge in [0.1, 0.15) is 17.7 Å². The Kier molecular flexibility index (Phi) is 5.22. The van der Waals surface area contributed by atoms with E-state index in [0.29, 0.717) is 22.6 Å². The molecule has 0 aliphatic carbocycles. The third kappa shape index (κ3) is 3.48. The van der Waals surface area contributed by atoms with Crippen molar-refractivity contribution in [3.63, 3.8) is 0 Å². The maximum atomic E-state index is 15.2. The number of anilines is 1. The number of pyridine rings is 1. The molecule has 142 valence electrons. The molecule has 3 rings (SSSR count). The third-order valence-corrected chi connectivity index (χ3v) is 4.19. The highest BCUT2D eigenvalue weighted by atomic mass is 19.2. The van der Waals surface area contributed by atoms with E-state index in [4.69, 9.17) is 14.7 Å². The summed E-state index contributed by atoms with van der Waals surface area (Å²) in [7, 11) is 2.93. The Bertz CT molecular complexity index is 1100. The number of hydrogen-bond donors (Lipinski definition) is 0. The molecule has 0 N–H and O–H groups in total. The first-order valence-corrected chi connectivity index (χ1v) is 8.10. The molecule has 1 heterocycles. The van der Waals surface area contributed by atoms with Crippen molar-refractivity contribution in [3.05, 3.63) is 63.8 Å². The van der Waals surface area contributed by atoms with Gasteiger partial charge in [-0.1, -0.05) is 4.48 Å². The van der Waals surface area contributed by atoms with E-state index in [1.54, 1.807) is 18.2 Å². The number of halogens is 1. The Hall–Kier alpha value is -3.93. The van der Waals surface area contributed by atoms with Gasteiger partial charge in [-0.2, -0.15) is 10.4 Å². The van der Waals surface area contributed by atoms with Crippen LogP contribution in [0.1, 0.15) is 11.1 Å². The summed E-state index contributed by atoms with van der Waals surface area (Å²) in [5.74, 6) is 0.908. The first-order valence-electron chi connectivity index (χ1n) is 8.10. The predicted molar refractivity (Wildman–Crippen MR) is 99.9 cm³/mol. The van der Waals surface area contributed by atoms with Crippen LogP contribution in [0.3, 0.4) is 0 Å². The van der Waals surface area contributed by atoms with Gasteiger partial charge < -0.3 is 9.47 Å². The van der Waals surface area contributed by atoms with Gasteiger partial charge in [0.2, 0.25) is 0 Å². The van der Waals surface area contributed by atoms with Crippen molar-refractivity contribution in [1.29, 1.82) is 5.26 Å². The van der Waals surface area contributed by atoms with E-state index in [-0.39, 0.29) is 28.3 Å². The summed E-state index contributed by atoms with van der Waals surface area (Å²) < 4.78 is 25.6. The standard InChI is InChI=1S/C19H15FN4O4/c1-27-14-5-4-13(18(8-14)28-2)11-23(20)19-15-7-12(9-21)3-6-16(15)22-10-17(19)24(25)26/h3-8,10H,11H2,1-2H3. The zero-order chi connectivity index (χ0) is 20.3. The summed E-state index contributed by atoms with van der Waals surface area (Å²) in [5.41, 5.74) is 0.263. The number of hydrogen-bond acceptors (Lipinski definition) is 7. The molecule has 0 bridgehead atoms. The molecular formula is C19H15FN4O4. The summed E-state index contributed by atoms with van der Waals surface area (Å²) in [5, 5.41) is 21.0. The topological polar surface area (TPSA) is 102 Å². The molecule has 9 heteroatoms. The van der Waals surface area contributed by atoms with E-state index in [9.17, 15) is 10.1 Å². The number of aromatic nitrogens is 1. The molecule has 28 heavy (non-hydrogen) atoms. The predicted octanol–water partition coefficient (Wildman–Crippen LogP) is 3.92. The van der Waals surface area contributed by atoms with Gasteiger partial charge in [0, 0.05) is 17.0 Å². The van der Waals surface area contributed by atoms with Crippen molar-refractivity contribution in [1.82, 2.24) is 4.98 Å². The van der Waals surface area contributed by atoms with E-state index in [2.05, 4.69) is 4.98 Å². The molecule has 0 aliphatic rings. The fourth-order valence-corrected chi connectivity index (χ4v) is 2.84. The second kappa shape index (κ2) is 7.75. The molecule has 0 amide bonds. The second-order valence-electron chi connectivity index (χ2n) is 5.79. The van der Waals surface area contributed by atoms with Crippen LogP contribution in [0.4, 0.5) is 15.9 Å². The molecule has 3 aromatic rings. The number of nitro groups is 1. The monoisotopic (exact) mass is 382 g/mol. The van der Waals surface area contributed by atoms with Gasteiger partial charge in [-0.3, -0.25) is 10.1 Å². The number of fused-ring (bicyclic) bond motifs is 1. The summed E-state index contributed by atoms with van der Waals surface area (Å²) >= 11 is 0. The number of benzene rings is 2. The number of nitrogens with zero attached hydrogens (tertiary/aromatic N) is 4. The molecule has 0 radical (unpaired) electrons. The van der Waals surface area contributed by atoms with Crippen LogP contribution in [0.5, 0.6) is 11.5 Å². The van der Waals surface area contributed by atoms with Crippen LogP contribution in [-0.4, -0.2) is 24.1 Å². The van der Waals surface area contributed by atoms with Gasteiger partial charge >= 0.3 is 5.69 Å². The van der Waals surface area contributed by atoms with Crippen LogP contribution in [0.15, 0.2) is 42.6 Å². The highest BCUT2D eigenvalue weighted by Gasteiger charge is 2.25. The minimum absolute atomic E-state index is 0.170. The van der Waals surface area contributed by atoms with E-state index in [1.807, 2.05) is 6.07 Å². The summed E-state index contributed by atoms with van der Waals surface area (Å²) in [6.45, 7) is -0.316. The van der Waals surface area contributed by atoms with Gasteiger partial charge in [0.25, 0.3) is 0 Å². The van der Waals surface area contributed by atoms with Crippen molar-refractivity contribution < 1.29 is 18.9 Å². The lowest BCUT2D eigenvalue weighted by Gasteiger charge is -2.18. The largest absolute Gasteiger partial charge is 0.497 e. The molecule has 0 atom stereocenters. The van der Waals surface area contributed by atoms with Crippen LogP contribution in [0, 0.1) is 21.4 Å². The first kappa shape index (κ1) is 18.8. The Morgan fingerprint density at radius 1 is 1.25 bits per heavy atom. The summed E-state index contributed by atoms with van der Waals surface area (Å²) in [4.78, 5) is 14.7. The summed E-state index contributed by atoms with van der Waals surface area (Å²) in [6.07, 6.45) is 1.00. The molecule has 0 saturated carbocycles. The second-order valence-corrected chi connectivity index (χ2v) is 5.79. The Morgan fingerprint density at radius 2 is 2.04 bits per heavy atom. The number of rotatable bonds is 6. The number of methoxy groups -OCH3 is 2. The Balaban J connectivity index is 2.12. The van der Waals surface area contributed by atoms with Crippen LogP contribution in [-0.2, 0) is 6.54 Å². The van der Waals surface area contributed by atoms with Crippen molar-refractivity contribution in [3.8, 4) is 17.6 Å². The van der Waals surface area contributed by atoms with Crippen molar-refractivity contribution in [2.75, 3.05) is 19.3 Å². The van der Waals surface area contributed by atoms with Crippen LogP contribution in [0.25, 0.3) is 10.9 Å². The minimum atomic E-state index is -0.710. The number of ether oxygens (including phenoxy) is 2. The third-order valence-electron chi connectivity index (χ3n) is 4.19. The Morgan fingerprint density at radius 3 is 2.68 bits per heavy atom. The molecule has 0 fully saturated rings. The normalized spacial score (nSPS) is 10.4. The molecule has 0 aliphatic heterocycles. The SMILES string of the molecule is COc1ccc(CN(F)c2c([N+](=O)[O-])cnc3ccc(C#N)cc23)c(OC)c1. The van der Waals surface area contributed by atoms with Crippen LogP contribution < -0.4 is 14.6 Å². The lowest BCUT2D eigenvalue weighted by atomic mass is 10.1. The van der Waals surface area contributed by atoms with E-state index >= 15 is 4.48 Å². The minimum Gasteiger partial charge on any atom is -0.497 e. The fraction of sp³-hybridized carbons (Fsp3) is 0.158. The number of nitriles is 1. The molecule has 0 saturated heterocycles. The maximum Gasteiger partial charge on any atom is 0.313 e. The van der Waals surface area contributed by atoms with E-state index < -0.39 is 10.6 Å². The Labute approximate surface area is 159 Å². The van der Waals surface area contributed by atoms with E-state index in [1.165, 1.54) is 32.4 Å². The van der Waals surface area contributed by atoms with E-state index in [0.717, 1.165) is 6.20 Å². The van der Waals surface area contributed by atoms with Gasteiger partial charge in [0.05, 0.1) is 42.8 Å². The molecule has 0 unspecified atom stereocenters. The van der Waals surface area contributed by atoms with Crippen LogP contribution >= 0.6 is 0 Å². The van der Waals surface area contributed by atoms with Crippen LogP contribution in [0.2, 0.25) is 0 Å². The van der Waals surface area contributed by atoms with Crippen molar-refractivity contribution in [2.24, 2.45) is 0 Å². The fourth-order valence-electron chi connectivity index (χ4n) is 2.84. The van der Waals surface area contributed by atoms with Crippen molar-refractivity contribution in [2.45, 2.75) is 6.54 Å². The quantitative estimate of drug-likeness (QED) is 0.362. The summed E-state index contributed by atoms with van der Waals surface area (Å²) in [6, 6.07) is 11.2. The average molecular weight is 382 g/mol. The molecule has 1 aromatic heterocycles. The first-order chi connectivity index (χ1) is 13.5. The zero-order valence-electron chi connectivity index (χ0n) is 15.0. The van der Waals surface area contributed by atoms with Gasteiger partial charge in [-0.05, 0) is 30.3 Å². The van der Waals surface area contributed by atoms with Crippen molar-refractivity contribution >= 4 is 22.3 Å². The molecular weight excluding hydrogens is 367 g/mol. The highest BCUT2D eigenvalue weighted by Crippen LogP contribution is 2.37. The lowest BCUT2D eigenvalue weighted by Crippen LogP contribution is -2.14. The molecule has 0 spiro atoms. The van der Waals surface area contributed by atoms with Gasteiger partial charge in [-0.15, -0.1) is 0 Å². The molecule has 8 nitrogen and oxygen atoms in total. The average Bonchev–Trinajstić information content (AvgIpc) is 2.72. The lowest BCUT2D eigenvalue weighted by molar-refractivity contribution is -0.384. The zero-order valence-corrected chi connectivity index (χ0v) is 15.0. The smallest absolute Gasteiger partial charge is 0.313 e. The maximum absolute atomic E-state index is 15.2. The molecule has 2 aromatic carbocycles.